The zero-order valence-corrected chi connectivity index (χ0v) is 15.2. The second-order valence-electron chi connectivity index (χ2n) is 4.76. The van der Waals surface area contributed by atoms with Crippen LogP contribution in [0.4, 0.5) is 5.69 Å². The molecule has 124 valence electrons. The minimum Gasteiger partial charge on any atom is -0.383 e. The molecule has 0 radical (unpaired) electrons. The van der Waals surface area contributed by atoms with E-state index in [0.29, 0.717) is 5.69 Å². The third kappa shape index (κ3) is 6.31. The summed E-state index contributed by atoms with van der Waals surface area (Å²) >= 11 is 3.36. The van der Waals surface area contributed by atoms with Crippen LogP contribution >= 0.6 is 28.3 Å². The lowest BCUT2D eigenvalue weighted by atomic mass is 10.2. The van der Waals surface area contributed by atoms with Gasteiger partial charge in [-0.05, 0) is 30.7 Å². The molecule has 2 amide bonds. The molecule has 1 rings (SSSR count). The molecule has 1 aromatic carbocycles. The van der Waals surface area contributed by atoms with Crippen molar-refractivity contribution in [1.82, 2.24) is 4.90 Å². The van der Waals surface area contributed by atoms with Crippen LogP contribution in [0.25, 0.3) is 0 Å². The van der Waals surface area contributed by atoms with Crippen molar-refractivity contribution in [3.63, 3.8) is 0 Å². The second-order valence-corrected chi connectivity index (χ2v) is 5.68. The van der Waals surface area contributed by atoms with Crippen LogP contribution in [-0.4, -0.2) is 50.1 Å². The van der Waals surface area contributed by atoms with Gasteiger partial charge in [-0.2, -0.15) is 0 Å². The normalized spacial score (nSPS) is 11.3. The van der Waals surface area contributed by atoms with Gasteiger partial charge in [0.15, 0.2) is 0 Å². The number of rotatable bonds is 6. The molecule has 0 aliphatic heterocycles. The minimum atomic E-state index is -0.762. The topological polar surface area (TPSA) is 84.7 Å². The van der Waals surface area contributed by atoms with E-state index in [9.17, 15) is 9.59 Å². The summed E-state index contributed by atoms with van der Waals surface area (Å²) in [6.07, 6.45) is 0. The summed E-state index contributed by atoms with van der Waals surface area (Å²) in [6, 6.07) is 4.78. The molecule has 0 bridgehead atoms. The van der Waals surface area contributed by atoms with Gasteiger partial charge in [-0.1, -0.05) is 15.9 Å². The molecule has 8 heteroatoms. The van der Waals surface area contributed by atoms with Gasteiger partial charge in [0.1, 0.15) is 6.04 Å². The number of aryl methyl sites for hydroxylation is 1. The van der Waals surface area contributed by atoms with E-state index in [0.717, 1.165) is 10.0 Å². The summed E-state index contributed by atoms with van der Waals surface area (Å²) < 4.78 is 5.77. The number of amides is 2. The van der Waals surface area contributed by atoms with Gasteiger partial charge in [-0.15, -0.1) is 12.4 Å². The summed E-state index contributed by atoms with van der Waals surface area (Å²) in [5.74, 6) is -0.611. The number of ether oxygens (including phenoxy) is 1. The SMILES string of the molecule is COCC(N)C(=O)N(C)CC(=O)Nc1ccc(Br)cc1C.Cl. The Bertz CT molecular complexity index is 528. The average Bonchev–Trinajstić information content (AvgIpc) is 2.41. The number of carbonyl (C=O) groups excluding carboxylic acids is 2. The lowest BCUT2D eigenvalue weighted by molar-refractivity contribution is -0.135. The summed E-state index contributed by atoms with van der Waals surface area (Å²) in [5.41, 5.74) is 7.29. The van der Waals surface area contributed by atoms with Crippen LogP contribution < -0.4 is 11.1 Å². The summed E-state index contributed by atoms with van der Waals surface area (Å²) in [4.78, 5) is 25.1. The van der Waals surface area contributed by atoms with Crippen molar-refractivity contribution in [1.29, 1.82) is 0 Å². The van der Waals surface area contributed by atoms with Gasteiger partial charge in [0.2, 0.25) is 11.8 Å². The predicted octanol–water partition coefficient (Wildman–Crippen LogP) is 1.55. The number of nitrogens with zero attached hydrogens (tertiary/aromatic N) is 1. The van der Waals surface area contributed by atoms with E-state index >= 15 is 0 Å². The first-order valence-electron chi connectivity index (χ1n) is 6.40. The van der Waals surface area contributed by atoms with Crippen molar-refractivity contribution in [2.75, 3.05) is 32.6 Å². The van der Waals surface area contributed by atoms with Crippen LogP contribution in [-0.2, 0) is 14.3 Å². The molecule has 0 fully saturated rings. The number of nitrogens with one attached hydrogen (secondary N) is 1. The van der Waals surface area contributed by atoms with Crippen molar-refractivity contribution >= 4 is 45.8 Å². The van der Waals surface area contributed by atoms with Crippen molar-refractivity contribution < 1.29 is 14.3 Å². The van der Waals surface area contributed by atoms with Crippen LogP contribution in [0, 0.1) is 6.92 Å². The van der Waals surface area contributed by atoms with Crippen molar-refractivity contribution in [2.24, 2.45) is 5.73 Å². The molecule has 0 saturated heterocycles. The zero-order chi connectivity index (χ0) is 16.0. The first kappa shape index (κ1) is 20.9. The number of benzene rings is 1. The van der Waals surface area contributed by atoms with E-state index in [1.54, 1.807) is 6.07 Å². The summed E-state index contributed by atoms with van der Waals surface area (Å²) in [6.45, 7) is 1.95. The van der Waals surface area contributed by atoms with Crippen molar-refractivity contribution in [2.45, 2.75) is 13.0 Å². The fourth-order valence-electron chi connectivity index (χ4n) is 1.78. The highest BCUT2D eigenvalue weighted by Crippen LogP contribution is 2.19. The Kier molecular flexibility index (Phi) is 9.27. The molecule has 22 heavy (non-hydrogen) atoms. The highest BCUT2D eigenvalue weighted by atomic mass is 79.9. The minimum absolute atomic E-state index is 0. The molecule has 0 aliphatic rings. The van der Waals surface area contributed by atoms with E-state index in [4.69, 9.17) is 10.5 Å². The Balaban J connectivity index is 0.00000441. The Labute approximate surface area is 144 Å². The molecule has 1 unspecified atom stereocenters. The fourth-order valence-corrected chi connectivity index (χ4v) is 2.26. The van der Waals surface area contributed by atoms with E-state index in [1.807, 2.05) is 19.1 Å². The van der Waals surface area contributed by atoms with Crippen molar-refractivity contribution in [3.05, 3.63) is 28.2 Å². The lowest BCUT2D eigenvalue weighted by Crippen LogP contribution is -2.46. The Morgan fingerprint density at radius 1 is 1.45 bits per heavy atom. The third-order valence-corrected chi connectivity index (χ3v) is 3.38. The highest BCUT2D eigenvalue weighted by Gasteiger charge is 2.20. The smallest absolute Gasteiger partial charge is 0.243 e. The largest absolute Gasteiger partial charge is 0.383 e. The molecular weight excluding hydrogens is 374 g/mol. The number of methoxy groups -OCH3 is 1. The molecule has 0 heterocycles. The predicted molar refractivity (Wildman–Crippen MR) is 92.2 cm³/mol. The fraction of sp³-hybridized carbons (Fsp3) is 0.429. The molecule has 0 saturated carbocycles. The highest BCUT2D eigenvalue weighted by molar-refractivity contribution is 9.10. The van der Waals surface area contributed by atoms with Gasteiger partial charge in [0.05, 0.1) is 13.2 Å². The van der Waals surface area contributed by atoms with Gasteiger partial charge < -0.3 is 20.7 Å². The van der Waals surface area contributed by atoms with Crippen molar-refractivity contribution in [3.8, 4) is 0 Å². The molecular formula is C14H21BrClN3O3. The molecule has 1 aromatic rings. The van der Waals surface area contributed by atoms with E-state index < -0.39 is 6.04 Å². The lowest BCUT2D eigenvalue weighted by Gasteiger charge is -2.20. The Morgan fingerprint density at radius 2 is 2.09 bits per heavy atom. The number of halogens is 2. The van der Waals surface area contributed by atoms with E-state index in [2.05, 4.69) is 21.2 Å². The Hall–Kier alpha value is -1.15. The quantitative estimate of drug-likeness (QED) is 0.766. The summed E-state index contributed by atoms with van der Waals surface area (Å²) in [5, 5.41) is 2.77. The van der Waals surface area contributed by atoms with Gasteiger partial charge in [0, 0.05) is 24.3 Å². The van der Waals surface area contributed by atoms with Crippen LogP contribution in [0.2, 0.25) is 0 Å². The maximum atomic E-state index is 12.0. The van der Waals surface area contributed by atoms with Crippen LogP contribution in [0.15, 0.2) is 22.7 Å². The van der Waals surface area contributed by atoms with Gasteiger partial charge in [0.25, 0.3) is 0 Å². The monoisotopic (exact) mass is 393 g/mol. The number of carbonyl (C=O) groups is 2. The second kappa shape index (κ2) is 9.78. The molecule has 3 N–H and O–H groups in total. The van der Waals surface area contributed by atoms with Gasteiger partial charge in [-0.25, -0.2) is 0 Å². The molecule has 1 atom stereocenters. The summed E-state index contributed by atoms with van der Waals surface area (Å²) in [7, 11) is 3.00. The number of hydrogen-bond acceptors (Lipinski definition) is 4. The zero-order valence-electron chi connectivity index (χ0n) is 12.8. The molecule has 0 aromatic heterocycles. The maximum Gasteiger partial charge on any atom is 0.243 e. The number of likely N-dealkylation sites (N-methyl/N-ethyl adjacent to an activating group) is 1. The van der Waals surface area contributed by atoms with Crippen LogP contribution in [0.3, 0.4) is 0 Å². The van der Waals surface area contributed by atoms with Crippen LogP contribution in [0.1, 0.15) is 5.56 Å². The molecule has 0 spiro atoms. The first-order valence-corrected chi connectivity index (χ1v) is 7.20. The standard InChI is InChI=1S/C14H20BrN3O3.ClH/c1-9-6-10(15)4-5-12(9)17-13(19)7-18(2)14(20)11(16)8-21-3;/h4-6,11H,7-8,16H2,1-3H3,(H,17,19);1H. The number of nitrogens with two attached hydrogens (primary N) is 1. The maximum absolute atomic E-state index is 12.0. The number of hydrogen-bond donors (Lipinski definition) is 2. The molecule has 0 aliphatic carbocycles. The Morgan fingerprint density at radius 3 is 2.64 bits per heavy atom. The average molecular weight is 395 g/mol. The molecule has 6 nitrogen and oxygen atoms in total. The van der Waals surface area contributed by atoms with E-state index in [1.165, 1.54) is 19.1 Å². The van der Waals surface area contributed by atoms with Crippen LogP contribution in [0.5, 0.6) is 0 Å². The van der Waals surface area contributed by atoms with Gasteiger partial charge in [-0.3, -0.25) is 9.59 Å². The van der Waals surface area contributed by atoms with E-state index in [-0.39, 0.29) is 37.4 Å². The number of anilines is 1. The first-order chi connectivity index (χ1) is 9.85. The third-order valence-electron chi connectivity index (χ3n) is 2.88. The van der Waals surface area contributed by atoms with Gasteiger partial charge >= 0.3 is 0 Å².